The number of halogens is 1. The van der Waals surface area contributed by atoms with E-state index in [4.69, 9.17) is 4.74 Å². The Morgan fingerprint density at radius 2 is 1.95 bits per heavy atom. The molecule has 1 atom stereocenters. The fraction of sp³-hybridized carbons (Fsp3) is 0.429. The second-order valence-corrected chi connectivity index (χ2v) is 9.36. The van der Waals surface area contributed by atoms with E-state index in [1.165, 1.54) is 11.8 Å². The van der Waals surface area contributed by atoms with E-state index in [0.717, 1.165) is 4.47 Å². The van der Waals surface area contributed by atoms with Crippen LogP contribution in [-0.2, 0) is 19.4 Å². The van der Waals surface area contributed by atoms with Crippen molar-refractivity contribution in [2.24, 2.45) is 0 Å². The molecule has 8 heteroatoms. The zero-order chi connectivity index (χ0) is 16.2. The van der Waals surface area contributed by atoms with E-state index in [-0.39, 0.29) is 34.9 Å². The van der Waals surface area contributed by atoms with Crippen LogP contribution in [0.5, 0.6) is 0 Å². The molecular formula is C14H15BrO5S2. The maximum absolute atomic E-state index is 11.8. The number of carbonyl (C=O) groups excluding carboxylic acids is 2. The van der Waals surface area contributed by atoms with Crippen molar-refractivity contribution in [3.8, 4) is 0 Å². The maximum Gasteiger partial charge on any atom is 0.316 e. The fourth-order valence-corrected chi connectivity index (χ4v) is 5.69. The molecule has 5 nitrogen and oxygen atoms in total. The molecular weight excluding hydrogens is 392 g/mol. The molecule has 1 aliphatic rings. The summed E-state index contributed by atoms with van der Waals surface area (Å²) >= 11 is 4.55. The van der Waals surface area contributed by atoms with Crippen molar-refractivity contribution in [1.29, 1.82) is 0 Å². The van der Waals surface area contributed by atoms with Gasteiger partial charge in [0, 0.05) is 15.3 Å². The summed E-state index contributed by atoms with van der Waals surface area (Å²) in [6.45, 7) is -0.302. The third-order valence-electron chi connectivity index (χ3n) is 3.16. The summed E-state index contributed by atoms with van der Waals surface area (Å²) in [6.07, 6.45) is 0.568. The summed E-state index contributed by atoms with van der Waals surface area (Å²) in [5, 5.41) is -0.0558. The van der Waals surface area contributed by atoms with Gasteiger partial charge in [-0.25, -0.2) is 8.42 Å². The molecule has 120 valence electrons. The molecule has 22 heavy (non-hydrogen) atoms. The number of thioether (sulfide) groups is 1. The number of rotatable bonds is 6. The molecule has 0 aliphatic carbocycles. The Balaban J connectivity index is 1.71. The average Bonchev–Trinajstić information content (AvgIpc) is 2.82. The van der Waals surface area contributed by atoms with Crippen LogP contribution in [0.3, 0.4) is 0 Å². The Morgan fingerprint density at radius 3 is 2.55 bits per heavy atom. The van der Waals surface area contributed by atoms with Crippen molar-refractivity contribution in [2.75, 3.05) is 23.9 Å². The largest absolute Gasteiger partial charge is 0.457 e. The summed E-state index contributed by atoms with van der Waals surface area (Å²) in [5.41, 5.74) is 0.477. The van der Waals surface area contributed by atoms with Gasteiger partial charge in [0.2, 0.25) is 0 Å². The highest BCUT2D eigenvalue weighted by atomic mass is 79.9. The number of ether oxygens (including phenoxy) is 1. The SMILES string of the molecule is O=C(CS[C@H]1CCS(=O)(=O)C1)OCC(=O)c1ccc(Br)cc1. The summed E-state index contributed by atoms with van der Waals surface area (Å²) in [5.74, 6) is -0.410. The smallest absolute Gasteiger partial charge is 0.316 e. The highest BCUT2D eigenvalue weighted by molar-refractivity contribution is 9.10. The molecule has 1 aromatic carbocycles. The molecule has 0 saturated carbocycles. The minimum atomic E-state index is -2.94. The van der Waals surface area contributed by atoms with Gasteiger partial charge in [0.05, 0.1) is 17.3 Å². The highest BCUT2D eigenvalue weighted by Crippen LogP contribution is 2.24. The molecule has 1 fully saturated rings. The molecule has 0 N–H and O–H groups in total. The van der Waals surface area contributed by atoms with Gasteiger partial charge in [-0.3, -0.25) is 9.59 Å². The lowest BCUT2D eigenvalue weighted by molar-refractivity contribution is -0.139. The molecule has 1 heterocycles. The first kappa shape index (κ1) is 17.5. The normalized spacial score (nSPS) is 19.8. The quantitative estimate of drug-likeness (QED) is 0.531. The summed E-state index contributed by atoms with van der Waals surface area (Å²) < 4.78 is 28.4. The number of esters is 1. The van der Waals surface area contributed by atoms with Crippen molar-refractivity contribution >= 4 is 49.3 Å². The molecule has 2 rings (SSSR count). The van der Waals surface area contributed by atoms with Crippen LogP contribution in [0, 0.1) is 0 Å². The van der Waals surface area contributed by atoms with Crippen LogP contribution < -0.4 is 0 Å². The van der Waals surface area contributed by atoms with Crippen molar-refractivity contribution in [3.63, 3.8) is 0 Å². The molecule has 0 amide bonds. The molecule has 0 radical (unpaired) electrons. The lowest BCUT2D eigenvalue weighted by Crippen LogP contribution is -2.17. The zero-order valence-corrected chi connectivity index (χ0v) is 14.9. The van der Waals surface area contributed by atoms with Crippen LogP contribution in [0.25, 0.3) is 0 Å². The summed E-state index contributed by atoms with van der Waals surface area (Å²) in [6, 6.07) is 6.79. The Labute approximate surface area is 141 Å². The first-order chi connectivity index (χ1) is 10.4. The van der Waals surface area contributed by atoms with Gasteiger partial charge in [-0.1, -0.05) is 28.1 Å². The highest BCUT2D eigenvalue weighted by Gasteiger charge is 2.28. The number of carbonyl (C=O) groups is 2. The Kier molecular flexibility index (Phi) is 6.05. The first-order valence-corrected chi connectivity index (χ1v) is 10.3. The van der Waals surface area contributed by atoms with E-state index in [0.29, 0.717) is 12.0 Å². The van der Waals surface area contributed by atoms with Gasteiger partial charge in [0.15, 0.2) is 22.2 Å². The number of sulfone groups is 1. The topological polar surface area (TPSA) is 77.5 Å². The second-order valence-electron chi connectivity index (χ2n) is 4.93. The number of hydrogen-bond acceptors (Lipinski definition) is 6. The number of hydrogen-bond donors (Lipinski definition) is 0. The molecule has 0 spiro atoms. The molecule has 1 aliphatic heterocycles. The van der Waals surface area contributed by atoms with Crippen LogP contribution in [0.1, 0.15) is 16.8 Å². The zero-order valence-electron chi connectivity index (χ0n) is 11.7. The lowest BCUT2D eigenvalue weighted by Gasteiger charge is -2.07. The monoisotopic (exact) mass is 406 g/mol. The Morgan fingerprint density at radius 1 is 1.27 bits per heavy atom. The van der Waals surface area contributed by atoms with Crippen LogP contribution in [0.4, 0.5) is 0 Å². The number of ketones is 1. The van der Waals surface area contributed by atoms with Crippen LogP contribution >= 0.6 is 27.7 Å². The first-order valence-electron chi connectivity index (χ1n) is 6.62. The molecule has 1 aromatic rings. The predicted octanol–water partition coefficient (Wildman–Crippen LogP) is 2.10. The molecule has 0 bridgehead atoms. The van der Waals surface area contributed by atoms with Crippen molar-refractivity contribution in [3.05, 3.63) is 34.3 Å². The average molecular weight is 407 g/mol. The summed E-state index contributed by atoms with van der Waals surface area (Å²) in [7, 11) is -2.94. The second kappa shape index (κ2) is 7.61. The molecule has 0 unspecified atom stereocenters. The van der Waals surface area contributed by atoms with Crippen LogP contribution in [0.2, 0.25) is 0 Å². The molecule has 0 aromatic heterocycles. The van der Waals surface area contributed by atoms with E-state index in [9.17, 15) is 18.0 Å². The predicted molar refractivity (Wildman–Crippen MR) is 88.9 cm³/mol. The van der Waals surface area contributed by atoms with Crippen LogP contribution in [0.15, 0.2) is 28.7 Å². The fourth-order valence-electron chi connectivity index (χ4n) is 1.99. The third kappa shape index (κ3) is 5.40. The van der Waals surface area contributed by atoms with E-state index in [1.807, 2.05) is 0 Å². The minimum Gasteiger partial charge on any atom is -0.457 e. The van der Waals surface area contributed by atoms with Crippen LogP contribution in [-0.4, -0.2) is 49.3 Å². The number of Topliss-reactive ketones (excluding diaryl/α,β-unsaturated/α-hetero) is 1. The van der Waals surface area contributed by atoms with E-state index in [2.05, 4.69) is 15.9 Å². The van der Waals surface area contributed by atoms with Gasteiger partial charge in [0.25, 0.3) is 0 Å². The summed E-state index contributed by atoms with van der Waals surface area (Å²) in [4.78, 5) is 23.4. The van der Waals surface area contributed by atoms with E-state index < -0.39 is 15.8 Å². The van der Waals surface area contributed by atoms with Gasteiger partial charge in [-0.15, -0.1) is 11.8 Å². The standard InChI is InChI=1S/C14H15BrO5S2/c15-11-3-1-10(2-4-11)13(16)7-20-14(17)8-21-12-5-6-22(18,19)9-12/h1-4,12H,5-9H2/t12-/m0/s1. The van der Waals surface area contributed by atoms with E-state index in [1.54, 1.807) is 24.3 Å². The minimum absolute atomic E-state index is 0.0558. The van der Waals surface area contributed by atoms with Crippen molar-refractivity contribution in [1.82, 2.24) is 0 Å². The third-order valence-corrected chi connectivity index (χ3v) is 6.94. The maximum atomic E-state index is 11.8. The van der Waals surface area contributed by atoms with Gasteiger partial charge in [-0.2, -0.15) is 0 Å². The number of benzene rings is 1. The Hall–Kier alpha value is -0.860. The van der Waals surface area contributed by atoms with Gasteiger partial charge >= 0.3 is 5.97 Å². The van der Waals surface area contributed by atoms with Gasteiger partial charge < -0.3 is 4.74 Å². The van der Waals surface area contributed by atoms with E-state index >= 15 is 0 Å². The van der Waals surface area contributed by atoms with Gasteiger partial charge in [-0.05, 0) is 18.6 Å². The lowest BCUT2D eigenvalue weighted by atomic mass is 10.1. The Bertz CT molecular complexity index is 654. The van der Waals surface area contributed by atoms with Gasteiger partial charge in [0.1, 0.15) is 0 Å². The van der Waals surface area contributed by atoms with Crippen molar-refractivity contribution < 1.29 is 22.7 Å². The van der Waals surface area contributed by atoms with Crippen molar-refractivity contribution in [2.45, 2.75) is 11.7 Å². The molecule has 1 saturated heterocycles.